The highest BCUT2D eigenvalue weighted by Gasteiger charge is 2.03. The Balaban J connectivity index is 0.000000202. The summed E-state index contributed by atoms with van der Waals surface area (Å²) in [5, 5.41) is 11.8. The van der Waals surface area contributed by atoms with Gasteiger partial charge in [-0.3, -0.25) is 0 Å². The van der Waals surface area contributed by atoms with Gasteiger partial charge in [0.25, 0.3) is 0 Å². The second-order valence-corrected chi connectivity index (χ2v) is 10.3. The van der Waals surface area contributed by atoms with Gasteiger partial charge in [0.1, 0.15) is 5.75 Å². The maximum absolute atomic E-state index is 9.33. The quantitative estimate of drug-likeness (QED) is 0.124. The molecule has 6 rings (SSSR count). The number of hydrogen-bond donors (Lipinski definition) is 5. The van der Waals surface area contributed by atoms with E-state index in [-0.39, 0.29) is 7.43 Å². The zero-order chi connectivity index (χ0) is 30.0. The Labute approximate surface area is 257 Å². The smallest absolute Gasteiger partial charge is 0.116 e. The van der Waals surface area contributed by atoms with Crippen molar-refractivity contribution in [3.8, 4) is 5.75 Å². The molecule has 230 valence electrons. The number of H-pyrrole nitrogens is 3. The number of nitrogens with two attached hydrogens (primary N) is 1. The highest BCUT2D eigenvalue weighted by Crippen LogP contribution is 2.23. The van der Waals surface area contributed by atoms with Gasteiger partial charge in [-0.2, -0.15) is 0 Å². The minimum absolute atomic E-state index is 0. The number of phenols is 1. The number of nitrogens with zero attached hydrogens (tertiary/aromatic N) is 1. The lowest BCUT2D eigenvalue weighted by molar-refractivity contribution is 0.476. The van der Waals surface area contributed by atoms with Crippen LogP contribution in [0.4, 0.5) is 0 Å². The summed E-state index contributed by atoms with van der Waals surface area (Å²) in [5.41, 5.74) is 13.1. The number of imidazole rings is 1. The Kier molecular flexibility index (Phi) is 16.0. The van der Waals surface area contributed by atoms with Crippen molar-refractivity contribution in [2.45, 2.75) is 73.1 Å². The Hall–Kier alpha value is -4.29. The first kappa shape index (κ1) is 34.9. The van der Waals surface area contributed by atoms with Crippen molar-refractivity contribution in [2.24, 2.45) is 5.73 Å². The van der Waals surface area contributed by atoms with Crippen LogP contribution in [0.15, 0.2) is 97.7 Å². The van der Waals surface area contributed by atoms with Crippen LogP contribution in [0.5, 0.6) is 5.75 Å². The molecule has 0 atom stereocenters. The third-order valence-electron chi connectivity index (χ3n) is 6.81. The third-order valence-corrected chi connectivity index (χ3v) is 6.81. The van der Waals surface area contributed by atoms with Crippen molar-refractivity contribution in [1.29, 1.82) is 0 Å². The zero-order valence-corrected chi connectivity index (χ0v) is 25.4. The first-order chi connectivity index (χ1) is 20.6. The number of phenolic OH excluding ortho intramolecular Hbond substituents is 1. The molecule has 0 saturated carbocycles. The standard InChI is InChI=1S/C11H13NO.C10H12N2.C9H12.C6H10N2.CH4/c1-2-3-8-7-12-11-5-4-9(13)6-10(8)11;11-6-5-8-7-12-10-4-2-1-3-9(8)10;1-2-6-9-7-4-3-5-8-9;1-2-3-6-4-7-5-8-6;/h4-7,12-13H,2-3H2,1H3;1-4,7,12H,5-6,11H2;3-5,7-8H,2,6H2,1H3;4-5H,2-3H2,1H3,(H,7,8);1H4. The molecule has 0 bridgehead atoms. The van der Waals surface area contributed by atoms with Gasteiger partial charge in [-0.15, -0.1) is 0 Å². The van der Waals surface area contributed by atoms with E-state index >= 15 is 0 Å². The minimum Gasteiger partial charge on any atom is -0.508 e. The van der Waals surface area contributed by atoms with Crippen molar-refractivity contribution >= 4 is 21.8 Å². The van der Waals surface area contributed by atoms with Crippen molar-refractivity contribution in [3.05, 3.63) is 120 Å². The predicted molar refractivity (Wildman–Crippen MR) is 185 cm³/mol. The van der Waals surface area contributed by atoms with Gasteiger partial charge in [0, 0.05) is 46.1 Å². The highest BCUT2D eigenvalue weighted by atomic mass is 16.3. The lowest BCUT2D eigenvalue weighted by Crippen LogP contribution is -2.01. The number of rotatable bonds is 8. The molecule has 0 aliphatic rings. The number of hydrogen-bond acceptors (Lipinski definition) is 3. The Morgan fingerprint density at radius 3 is 1.93 bits per heavy atom. The summed E-state index contributed by atoms with van der Waals surface area (Å²) < 4.78 is 0. The first-order valence-corrected chi connectivity index (χ1v) is 15.1. The van der Waals surface area contributed by atoms with Crippen molar-refractivity contribution in [1.82, 2.24) is 19.9 Å². The van der Waals surface area contributed by atoms with Crippen LogP contribution in [0, 0.1) is 0 Å². The number of nitrogens with one attached hydrogen (secondary N) is 3. The molecule has 0 radical (unpaired) electrons. The van der Waals surface area contributed by atoms with Gasteiger partial charge in [-0.1, -0.05) is 96.0 Å². The van der Waals surface area contributed by atoms with E-state index < -0.39 is 0 Å². The first-order valence-electron chi connectivity index (χ1n) is 15.1. The SMILES string of the molecule is C.CCCc1c[nH]c2ccc(O)cc12.CCCc1ccccc1.CCCc1cnc[nH]1.NCCc1c[nH]c2ccccc12. The van der Waals surface area contributed by atoms with Crippen LogP contribution in [0.2, 0.25) is 0 Å². The second kappa shape index (κ2) is 19.8. The molecule has 43 heavy (non-hydrogen) atoms. The monoisotopic (exact) mass is 581 g/mol. The molecule has 0 aliphatic carbocycles. The summed E-state index contributed by atoms with van der Waals surface area (Å²) in [6.45, 7) is 7.22. The van der Waals surface area contributed by atoms with Crippen LogP contribution < -0.4 is 5.73 Å². The molecule has 6 heteroatoms. The number of fused-ring (bicyclic) bond motifs is 2. The summed E-state index contributed by atoms with van der Waals surface area (Å²) >= 11 is 0. The van der Waals surface area contributed by atoms with E-state index in [0.717, 1.165) is 36.6 Å². The molecule has 6 nitrogen and oxygen atoms in total. The van der Waals surface area contributed by atoms with Crippen molar-refractivity contribution in [3.63, 3.8) is 0 Å². The third kappa shape index (κ3) is 11.5. The van der Waals surface area contributed by atoms with E-state index in [1.807, 2.05) is 36.8 Å². The largest absolute Gasteiger partial charge is 0.508 e. The lowest BCUT2D eigenvalue weighted by atomic mass is 10.1. The molecule has 3 heterocycles. The number of aromatic nitrogens is 4. The van der Waals surface area contributed by atoms with Crippen molar-refractivity contribution < 1.29 is 5.11 Å². The van der Waals surface area contributed by atoms with E-state index in [2.05, 4.69) is 89.2 Å². The molecule has 0 unspecified atom stereocenters. The fourth-order valence-electron chi connectivity index (χ4n) is 4.76. The van der Waals surface area contributed by atoms with Crippen LogP contribution in [0.1, 0.15) is 69.8 Å². The van der Waals surface area contributed by atoms with E-state index in [4.69, 9.17) is 5.73 Å². The van der Waals surface area contributed by atoms with Gasteiger partial charge in [0.15, 0.2) is 0 Å². The number of aromatic hydroxyl groups is 1. The Morgan fingerprint density at radius 1 is 0.674 bits per heavy atom. The average molecular weight is 582 g/mol. The molecular weight excluding hydrogens is 530 g/mol. The number of aryl methyl sites for hydroxylation is 3. The van der Waals surface area contributed by atoms with Gasteiger partial charge in [-0.25, -0.2) is 4.98 Å². The molecule has 3 aromatic carbocycles. The molecule has 0 fully saturated rings. The van der Waals surface area contributed by atoms with E-state index in [1.54, 1.807) is 12.4 Å². The van der Waals surface area contributed by atoms with Crippen LogP contribution in [-0.4, -0.2) is 31.6 Å². The summed E-state index contributed by atoms with van der Waals surface area (Å²) in [6, 6.07) is 24.3. The van der Waals surface area contributed by atoms with Gasteiger partial charge >= 0.3 is 0 Å². The van der Waals surface area contributed by atoms with E-state index in [9.17, 15) is 5.11 Å². The topological polar surface area (TPSA) is 107 Å². The Morgan fingerprint density at radius 2 is 1.30 bits per heavy atom. The maximum atomic E-state index is 9.33. The minimum atomic E-state index is 0. The predicted octanol–water partition coefficient (Wildman–Crippen LogP) is 9.13. The fraction of sp³-hybridized carbons (Fsp3) is 0.324. The van der Waals surface area contributed by atoms with E-state index in [0.29, 0.717) is 12.3 Å². The average Bonchev–Trinajstić information content (AvgIpc) is 3.77. The fourth-order valence-corrected chi connectivity index (χ4v) is 4.76. The molecule has 0 aliphatic heterocycles. The number of aromatic amines is 3. The van der Waals surface area contributed by atoms with Gasteiger partial charge in [-0.05, 0) is 73.2 Å². The summed E-state index contributed by atoms with van der Waals surface area (Å²) in [5.74, 6) is 0.337. The number of para-hydroxylation sites is 1. The zero-order valence-electron chi connectivity index (χ0n) is 25.4. The lowest BCUT2D eigenvalue weighted by Gasteiger charge is -1.96. The summed E-state index contributed by atoms with van der Waals surface area (Å²) in [4.78, 5) is 13.3. The van der Waals surface area contributed by atoms with Gasteiger partial charge in [0.2, 0.25) is 0 Å². The van der Waals surface area contributed by atoms with Gasteiger partial charge in [0.05, 0.1) is 6.33 Å². The summed E-state index contributed by atoms with van der Waals surface area (Å²) in [7, 11) is 0. The molecule has 6 N–H and O–H groups in total. The van der Waals surface area contributed by atoms with Crippen LogP contribution in [0.25, 0.3) is 21.8 Å². The highest BCUT2D eigenvalue weighted by molar-refractivity contribution is 5.84. The molecular formula is C37H51N5O. The van der Waals surface area contributed by atoms with Crippen LogP contribution >= 0.6 is 0 Å². The number of benzene rings is 3. The molecule has 0 spiro atoms. The van der Waals surface area contributed by atoms with Crippen LogP contribution in [-0.2, 0) is 25.7 Å². The summed E-state index contributed by atoms with van der Waals surface area (Å²) in [6.07, 6.45) is 15.5. The second-order valence-electron chi connectivity index (χ2n) is 10.3. The molecule has 0 amide bonds. The normalized spacial score (nSPS) is 10.0. The van der Waals surface area contributed by atoms with E-state index in [1.165, 1.54) is 52.5 Å². The van der Waals surface area contributed by atoms with Crippen molar-refractivity contribution in [2.75, 3.05) is 6.54 Å². The molecule has 0 saturated heterocycles. The Bertz CT molecular complexity index is 1530. The van der Waals surface area contributed by atoms with Gasteiger partial charge < -0.3 is 25.8 Å². The molecule has 3 aromatic heterocycles. The van der Waals surface area contributed by atoms with Crippen LogP contribution in [0.3, 0.4) is 0 Å². The molecule has 6 aromatic rings. The maximum Gasteiger partial charge on any atom is 0.116 e.